The van der Waals surface area contributed by atoms with Crippen molar-refractivity contribution in [1.82, 2.24) is 14.9 Å². The van der Waals surface area contributed by atoms with E-state index in [1.54, 1.807) is 15.9 Å². The van der Waals surface area contributed by atoms with E-state index >= 15 is 0 Å². The van der Waals surface area contributed by atoms with Gasteiger partial charge < -0.3 is 5.32 Å². The van der Waals surface area contributed by atoms with Gasteiger partial charge in [-0.3, -0.25) is 14.2 Å². The first-order chi connectivity index (χ1) is 14.7. The summed E-state index contributed by atoms with van der Waals surface area (Å²) in [4.78, 5) is 32.7. The molecule has 0 aromatic carbocycles. The number of thioether (sulfide) groups is 1. The maximum Gasteiger partial charge on any atom is 0.263 e. The van der Waals surface area contributed by atoms with Crippen LogP contribution in [0.4, 0.5) is 0 Å². The van der Waals surface area contributed by atoms with Crippen LogP contribution in [0.15, 0.2) is 9.95 Å². The lowest BCUT2D eigenvalue weighted by atomic mass is 9.97. The van der Waals surface area contributed by atoms with Crippen molar-refractivity contribution >= 4 is 49.1 Å². The molecule has 1 atom stereocenters. The molecule has 0 radical (unpaired) electrons. The van der Waals surface area contributed by atoms with Gasteiger partial charge in [-0.05, 0) is 50.0 Å². The molecule has 1 N–H and O–H groups in total. The molecule has 1 amide bonds. The number of fused-ring (bicyclic) bond motifs is 3. The monoisotopic (exact) mass is 483 g/mol. The van der Waals surface area contributed by atoms with Crippen molar-refractivity contribution in [1.29, 1.82) is 0 Å². The highest BCUT2D eigenvalue weighted by atomic mass is 32.2. The van der Waals surface area contributed by atoms with Crippen LogP contribution in [-0.2, 0) is 34.0 Å². The molecule has 3 heterocycles. The third-order valence-electron chi connectivity index (χ3n) is 5.90. The topological polar surface area (TPSA) is 98.1 Å². The molecule has 0 spiro atoms. The van der Waals surface area contributed by atoms with Crippen molar-refractivity contribution < 1.29 is 13.2 Å². The molecule has 10 heteroatoms. The number of carbonyl (C=O) groups is 1. The quantitative estimate of drug-likeness (QED) is 0.480. The number of thiophene rings is 1. The van der Waals surface area contributed by atoms with E-state index < -0.39 is 9.84 Å². The Kier molecular flexibility index (Phi) is 6.79. The SMILES string of the molecule is CC(C)CCn1c(SCC(=O)NC2CCS(=O)(=O)C2)nc2sc3c(c2c1=O)CCCC3. The maximum atomic E-state index is 13.4. The highest BCUT2D eigenvalue weighted by Gasteiger charge is 2.29. The summed E-state index contributed by atoms with van der Waals surface area (Å²) in [6.07, 6.45) is 5.53. The summed E-state index contributed by atoms with van der Waals surface area (Å²) in [6.45, 7) is 4.83. The second-order valence-corrected chi connectivity index (χ2v) is 13.1. The number of amides is 1. The molecule has 1 saturated heterocycles. The average Bonchev–Trinajstić information content (AvgIpc) is 3.24. The van der Waals surface area contributed by atoms with Crippen LogP contribution in [0.1, 0.15) is 50.0 Å². The minimum absolute atomic E-state index is 0.00740. The minimum Gasteiger partial charge on any atom is -0.352 e. The molecular formula is C21H29N3O4S3. The van der Waals surface area contributed by atoms with Gasteiger partial charge in [-0.2, -0.15) is 0 Å². The maximum absolute atomic E-state index is 13.4. The number of aromatic nitrogens is 2. The number of hydrogen-bond donors (Lipinski definition) is 1. The van der Waals surface area contributed by atoms with Gasteiger partial charge in [-0.25, -0.2) is 13.4 Å². The van der Waals surface area contributed by atoms with Crippen LogP contribution in [0.2, 0.25) is 0 Å². The largest absolute Gasteiger partial charge is 0.352 e. The van der Waals surface area contributed by atoms with Crippen molar-refractivity contribution in [3.05, 3.63) is 20.8 Å². The lowest BCUT2D eigenvalue weighted by molar-refractivity contribution is -0.119. The summed E-state index contributed by atoms with van der Waals surface area (Å²) < 4.78 is 25.0. The molecule has 4 rings (SSSR count). The van der Waals surface area contributed by atoms with Gasteiger partial charge >= 0.3 is 0 Å². The summed E-state index contributed by atoms with van der Waals surface area (Å²) in [7, 11) is -3.04. The molecule has 2 aromatic rings. The Bertz CT molecular complexity index is 1150. The van der Waals surface area contributed by atoms with Crippen LogP contribution in [0.5, 0.6) is 0 Å². The number of sulfone groups is 1. The Morgan fingerprint density at radius 2 is 2.10 bits per heavy atom. The summed E-state index contributed by atoms with van der Waals surface area (Å²) in [5.74, 6) is 0.474. The number of nitrogens with zero attached hydrogens (tertiary/aromatic N) is 2. The van der Waals surface area contributed by atoms with Crippen molar-refractivity contribution in [3.63, 3.8) is 0 Å². The smallest absolute Gasteiger partial charge is 0.263 e. The predicted molar refractivity (Wildman–Crippen MR) is 126 cm³/mol. The number of rotatable bonds is 7. The van der Waals surface area contributed by atoms with Gasteiger partial charge in [0.1, 0.15) is 4.83 Å². The zero-order valence-electron chi connectivity index (χ0n) is 18.0. The molecule has 7 nitrogen and oxygen atoms in total. The average molecular weight is 484 g/mol. The van der Waals surface area contributed by atoms with Crippen LogP contribution in [0.25, 0.3) is 10.2 Å². The predicted octanol–water partition coefficient (Wildman–Crippen LogP) is 2.78. The van der Waals surface area contributed by atoms with Crippen LogP contribution >= 0.6 is 23.1 Å². The van der Waals surface area contributed by atoms with Gasteiger partial charge in [0, 0.05) is 17.5 Å². The zero-order valence-corrected chi connectivity index (χ0v) is 20.4. The van der Waals surface area contributed by atoms with Crippen molar-refractivity contribution in [2.24, 2.45) is 5.92 Å². The van der Waals surface area contributed by atoms with Gasteiger partial charge in [0.25, 0.3) is 5.56 Å². The van der Waals surface area contributed by atoms with E-state index in [4.69, 9.17) is 4.98 Å². The van der Waals surface area contributed by atoms with Gasteiger partial charge in [-0.1, -0.05) is 25.6 Å². The first kappa shape index (κ1) is 22.8. The molecule has 2 aliphatic rings. The van der Waals surface area contributed by atoms with E-state index in [2.05, 4.69) is 19.2 Å². The zero-order chi connectivity index (χ0) is 22.2. The number of hydrogen-bond acceptors (Lipinski definition) is 7. The second kappa shape index (κ2) is 9.23. The highest BCUT2D eigenvalue weighted by molar-refractivity contribution is 7.99. The fourth-order valence-electron chi connectivity index (χ4n) is 4.22. The standard InChI is InChI=1S/C21H29N3O4S3/c1-13(2)7-9-24-20(26)18-15-5-3-4-6-16(15)30-19(18)23-21(24)29-11-17(25)22-14-8-10-31(27,28)12-14/h13-14H,3-12H2,1-2H3,(H,22,25). The Labute approximate surface area is 190 Å². The van der Waals surface area contributed by atoms with E-state index in [1.807, 2.05) is 0 Å². The lowest BCUT2D eigenvalue weighted by Crippen LogP contribution is -2.36. The third kappa shape index (κ3) is 5.17. The lowest BCUT2D eigenvalue weighted by Gasteiger charge is -2.15. The summed E-state index contributed by atoms with van der Waals surface area (Å²) in [5, 5.41) is 4.16. The Hall–Kier alpha value is -1.39. The molecular weight excluding hydrogens is 454 g/mol. The van der Waals surface area contributed by atoms with E-state index in [0.29, 0.717) is 24.0 Å². The molecule has 1 aliphatic heterocycles. The van der Waals surface area contributed by atoms with Crippen LogP contribution in [0.3, 0.4) is 0 Å². The Morgan fingerprint density at radius 1 is 1.32 bits per heavy atom. The first-order valence-electron chi connectivity index (χ1n) is 10.9. The van der Waals surface area contributed by atoms with Crippen molar-refractivity contribution in [3.8, 4) is 0 Å². The van der Waals surface area contributed by atoms with E-state index in [1.165, 1.54) is 22.2 Å². The van der Waals surface area contributed by atoms with Gasteiger partial charge in [0.05, 0.1) is 22.6 Å². The van der Waals surface area contributed by atoms with E-state index in [9.17, 15) is 18.0 Å². The highest BCUT2D eigenvalue weighted by Crippen LogP contribution is 2.34. The van der Waals surface area contributed by atoms with Gasteiger partial charge in [0.15, 0.2) is 15.0 Å². The van der Waals surface area contributed by atoms with Gasteiger partial charge in [0.2, 0.25) is 5.91 Å². The molecule has 31 heavy (non-hydrogen) atoms. The second-order valence-electron chi connectivity index (χ2n) is 8.88. The number of nitrogens with one attached hydrogen (secondary N) is 1. The molecule has 0 saturated carbocycles. The normalized spacial score (nSPS) is 20.3. The van der Waals surface area contributed by atoms with E-state index in [-0.39, 0.29) is 34.8 Å². The minimum atomic E-state index is -3.04. The molecule has 170 valence electrons. The molecule has 1 aliphatic carbocycles. The Balaban J connectivity index is 1.57. The molecule has 1 fully saturated rings. The molecule has 2 aromatic heterocycles. The Morgan fingerprint density at radius 3 is 2.81 bits per heavy atom. The van der Waals surface area contributed by atoms with E-state index in [0.717, 1.165) is 42.3 Å². The summed E-state index contributed by atoms with van der Waals surface area (Å²) in [5.41, 5.74) is 1.19. The third-order valence-corrected chi connectivity index (χ3v) is 9.83. The summed E-state index contributed by atoms with van der Waals surface area (Å²) >= 11 is 2.88. The summed E-state index contributed by atoms with van der Waals surface area (Å²) in [6, 6.07) is -0.319. The number of carbonyl (C=O) groups excluding carboxylic acids is 1. The number of aryl methyl sites for hydroxylation is 2. The fraction of sp³-hybridized carbons (Fsp3) is 0.667. The van der Waals surface area contributed by atoms with Crippen LogP contribution < -0.4 is 10.9 Å². The van der Waals surface area contributed by atoms with Crippen LogP contribution in [-0.4, -0.2) is 47.2 Å². The molecule has 1 unspecified atom stereocenters. The molecule has 0 bridgehead atoms. The first-order valence-corrected chi connectivity index (χ1v) is 14.5. The van der Waals surface area contributed by atoms with Crippen LogP contribution in [0, 0.1) is 5.92 Å². The van der Waals surface area contributed by atoms with Crippen molar-refractivity contribution in [2.75, 3.05) is 17.3 Å². The fourth-order valence-corrected chi connectivity index (χ4v) is 8.04. The van der Waals surface area contributed by atoms with Crippen molar-refractivity contribution in [2.45, 2.75) is 70.1 Å². The van der Waals surface area contributed by atoms with Gasteiger partial charge in [-0.15, -0.1) is 11.3 Å².